The van der Waals surface area contributed by atoms with Crippen molar-refractivity contribution < 1.29 is 0 Å². The Morgan fingerprint density at radius 1 is 1.29 bits per heavy atom. The molecular formula is C14H21BrN2. The van der Waals surface area contributed by atoms with Crippen LogP contribution in [0.15, 0.2) is 28.7 Å². The Labute approximate surface area is 112 Å². The monoisotopic (exact) mass is 296 g/mol. The SMILES string of the molecule is Brc1ccc(CCNCC2CCCNC2)cc1. The number of benzene rings is 1. The lowest BCUT2D eigenvalue weighted by atomic mass is 10.00. The molecule has 3 heteroatoms. The molecule has 1 unspecified atom stereocenters. The van der Waals surface area contributed by atoms with Gasteiger partial charge in [-0.2, -0.15) is 0 Å². The largest absolute Gasteiger partial charge is 0.316 e. The minimum absolute atomic E-state index is 0.827. The molecule has 1 fully saturated rings. The number of nitrogens with one attached hydrogen (secondary N) is 2. The molecular weight excluding hydrogens is 276 g/mol. The van der Waals surface area contributed by atoms with Crippen LogP contribution in [0.1, 0.15) is 18.4 Å². The van der Waals surface area contributed by atoms with Crippen LogP contribution in [0.3, 0.4) is 0 Å². The van der Waals surface area contributed by atoms with E-state index in [1.807, 2.05) is 0 Å². The zero-order valence-electron chi connectivity index (χ0n) is 10.2. The average Bonchev–Trinajstić information content (AvgIpc) is 2.38. The maximum atomic E-state index is 3.57. The maximum absolute atomic E-state index is 3.57. The molecule has 2 N–H and O–H groups in total. The number of hydrogen-bond donors (Lipinski definition) is 2. The van der Waals surface area contributed by atoms with Gasteiger partial charge in [-0.3, -0.25) is 0 Å². The molecule has 1 aliphatic heterocycles. The summed E-state index contributed by atoms with van der Waals surface area (Å²) in [6.07, 6.45) is 3.82. The molecule has 1 aromatic rings. The second-order valence-corrected chi connectivity index (χ2v) is 5.71. The number of piperidine rings is 1. The van der Waals surface area contributed by atoms with Gasteiger partial charge in [-0.1, -0.05) is 28.1 Å². The average molecular weight is 297 g/mol. The van der Waals surface area contributed by atoms with Gasteiger partial charge in [0.15, 0.2) is 0 Å². The summed E-state index contributed by atoms with van der Waals surface area (Å²) in [5, 5.41) is 7.02. The topological polar surface area (TPSA) is 24.1 Å². The van der Waals surface area contributed by atoms with Gasteiger partial charge in [0.05, 0.1) is 0 Å². The Morgan fingerprint density at radius 2 is 2.12 bits per heavy atom. The Kier molecular flexibility index (Phi) is 5.49. The van der Waals surface area contributed by atoms with Crippen molar-refractivity contribution in [1.29, 1.82) is 0 Å². The van der Waals surface area contributed by atoms with Crippen LogP contribution in [-0.4, -0.2) is 26.2 Å². The fraction of sp³-hybridized carbons (Fsp3) is 0.571. The Morgan fingerprint density at radius 3 is 2.82 bits per heavy atom. The van der Waals surface area contributed by atoms with Crippen LogP contribution in [0, 0.1) is 5.92 Å². The van der Waals surface area contributed by atoms with Crippen LogP contribution in [0.25, 0.3) is 0 Å². The molecule has 0 aromatic heterocycles. The zero-order valence-corrected chi connectivity index (χ0v) is 11.8. The van der Waals surface area contributed by atoms with Gasteiger partial charge in [-0.15, -0.1) is 0 Å². The highest BCUT2D eigenvalue weighted by atomic mass is 79.9. The third-order valence-electron chi connectivity index (χ3n) is 3.34. The lowest BCUT2D eigenvalue weighted by molar-refractivity contribution is 0.361. The van der Waals surface area contributed by atoms with Crippen molar-refractivity contribution in [2.45, 2.75) is 19.3 Å². The molecule has 1 atom stereocenters. The van der Waals surface area contributed by atoms with E-state index < -0.39 is 0 Å². The molecule has 0 amide bonds. The molecule has 94 valence electrons. The zero-order chi connectivity index (χ0) is 11.9. The van der Waals surface area contributed by atoms with Gasteiger partial charge in [0.25, 0.3) is 0 Å². The van der Waals surface area contributed by atoms with Crippen molar-refractivity contribution >= 4 is 15.9 Å². The quantitative estimate of drug-likeness (QED) is 0.816. The fourth-order valence-electron chi connectivity index (χ4n) is 2.29. The van der Waals surface area contributed by atoms with Crippen LogP contribution in [-0.2, 0) is 6.42 Å². The number of halogens is 1. The van der Waals surface area contributed by atoms with E-state index in [0.29, 0.717) is 0 Å². The molecule has 0 spiro atoms. The highest BCUT2D eigenvalue weighted by Gasteiger charge is 2.11. The first-order valence-electron chi connectivity index (χ1n) is 6.50. The van der Waals surface area contributed by atoms with E-state index in [9.17, 15) is 0 Å². The van der Waals surface area contributed by atoms with Gasteiger partial charge in [0.1, 0.15) is 0 Å². The molecule has 2 nitrogen and oxygen atoms in total. The summed E-state index contributed by atoms with van der Waals surface area (Å²) >= 11 is 3.46. The van der Waals surface area contributed by atoms with Crippen molar-refractivity contribution in [3.8, 4) is 0 Å². The van der Waals surface area contributed by atoms with E-state index in [1.54, 1.807) is 0 Å². The molecule has 1 aromatic carbocycles. The Hall–Kier alpha value is -0.380. The maximum Gasteiger partial charge on any atom is 0.0175 e. The van der Waals surface area contributed by atoms with E-state index in [2.05, 4.69) is 50.8 Å². The summed E-state index contributed by atoms with van der Waals surface area (Å²) < 4.78 is 1.16. The van der Waals surface area contributed by atoms with Gasteiger partial charge in [0.2, 0.25) is 0 Å². The predicted octanol–water partition coefficient (Wildman–Crippen LogP) is 2.58. The standard InChI is InChI=1S/C14H21BrN2/c15-14-5-3-12(4-6-14)7-9-17-11-13-2-1-8-16-10-13/h3-6,13,16-17H,1-2,7-11H2. The molecule has 1 heterocycles. The van der Waals surface area contributed by atoms with Crippen LogP contribution in [0.4, 0.5) is 0 Å². The summed E-state index contributed by atoms with van der Waals surface area (Å²) in [6, 6.07) is 8.60. The second-order valence-electron chi connectivity index (χ2n) is 4.79. The first-order valence-corrected chi connectivity index (χ1v) is 7.30. The lowest BCUT2D eigenvalue weighted by Crippen LogP contribution is -2.36. The van der Waals surface area contributed by atoms with E-state index in [1.165, 1.54) is 31.5 Å². The van der Waals surface area contributed by atoms with Gasteiger partial charge < -0.3 is 10.6 Å². The minimum Gasteiger partial charge on any atom is -0.316 e. The molecule has 1 aliphatic rings. The fourth-order valence-corrected chi connectivity index (χ4v) is 2.55. The minimum atomic E-state index is 0.827. The summed E-state index contributed by atoms with van der Waals surface area (Å²) in [5.41, 5.74) is 1.41. The lowest BCUT2D eigenvalue weighted by Gasteiger charge is -2.22. The van der Waals surface area contributed by atoms with Crippen molar-refractivity contribution in [3.05, 3.63) is 34.3 Å². The van der Waals surface area contributed by atoms with Crippen molar-refractivity contribution in [2.24, 2.45) is 5.92 Å². The van der Waals surface area contributed by atoms with Crippen LogP contribution >= 0.6 is 15.9 Å². The molecule has 0 bridgehead atoms. The first-order chi connectivity index (χ1) is 8.34. The van der Waals surface area contributed by atoms with E-state index in [0.717, 1.165) is 29.9 Å². The predicted molar refractivity (Wildman–Crippen MR) is 76.3 cm³/mol. The van der Waals surface area contributed by atoms with Crippen LogP contribution < -0.4 is 10.6 Å². The van der Waals surface area contributed by atoms with E-state index >= 15 is 0 Å². The van der Waals surface area contributed by atoms with Crippen molar-refractivity contribution in [2.75, 3.05) is 26.2 Å². The van der Waals surface area contributed by atoms with Gasteiger partial charge >= 0.3 is 0 Å². The summed E-state index contributed by atoms with van der Waals surface area (Å²) in [7, 11) is 0. The summed E-state index contributed by atoms with van der Waals surface area (Å²) in [6.45, 7) is 4.63. The van der Waals surface area contributed by atoms with Crippen LogP contribution in [0.5, 0.6) is 0 Å². The normalized spacial score (nSPS) is 20.4. The molecule has 0 saturated carbocycles. The second kappa shape index (κ2) is 7.14. The third-order valence-corrected chi connectivity index (χ3v) is 3.86. The van der Waals surface area contributed by atoms with Gasteiger partial charge in [-0.25, -0.2) is 0 Å². The molecule has 0 aliphatic carbocycles. The van der Waals surface area contributed by atoms with E-state index in [-0.39, 0.29) is 0 Å². The molecule has 17 heavy (non-hydrogen) atoms. The van der Waals surface area contributed by atoms with Crippen molar-refractivity contribution in [3.63, 3.8) is 0 Å². The summed E-state index contributed by atoms with van der Waals surface area (Å²) in [5.74, 6) is 0.827. The van der Waals surface area contributed by atoms with E-state index in [4.69, 9.17) is 0 Å². The molecule has 1 saturated heterocycles. The molecule has 0 radical (unpaired) electrons. The number of rotatable bonds is 5. The van der Waals surface area contributed by atoms with Crippen LogP contribution in [0.2, 0.25) is 0 Å². The smallest absolute Gasteiger partial charge is 0.0175 e. The third kappa shape index (κ3) is 4.78. The Bertz CT molecular complexity index is 317. The Balaban J connectivity index is 1.60. The van der Waals surface area contributed by atoms with Gasteiger partial charge in [-0.05, 0) is 69.1 Å². The first kappa shape index (κ1) is 13.1. The highest BCUT2D eigenvalue weighted by molar-refractivity contribution is 9.10. The highest BCUT2D eigenvalue weighted by Crippen LogP contribution is 2.11. The molecule has 2 rings (SSSR count). The van der Waals surface area contributed by atoms with Crippen molar-refractivity contribution in [1.82, 2.24) is 10.6 Å². The van der Waals surface area contributed by atoms with Gasteiger partial charge in [0, 0.05) is 4.47 Å². The number of hydrogen-bond acceptors (Lipinski definition) is 2. The summed E-state index contributed by atoms with van der Waals surface area (Å²) in [4.78, 5) is 0.